The van der Waals surface area contributed by atoms with E-state index in [0.717, 1.165) is 5.06 Å². The maximum atomic E-state index is 10.4. The summed E-state index contributed by atoms with van der Waals surface area (Å²) in [5.41, 5.74) is 0. The fourth-order valence-electron chi connectivity index (χ4n) is 0.508. The number of rotatable bonds is 3. The van der Waals surface area contributed by atoms with Crippen LogP contribution in [0.25, 0.3) is 0 Å². The fourth-order valence-corrected chi connectivity index (χ4v) is 0.508. The quantitative estimate of drug-likeness (QED) is 0.374. The van der Waals surface area contributed by atoms with Crippen molar-refractivity contribution < 1.29 is 0 Å². The lowest BCUT2D eigenvalue weighted by Crippen LogP contribution is -2.47. The van der Waals surface area contributed by atoms with Gasteiger partial charge in [-0.25, -0.2) is 0 Å². The summed E-state index contributed by atoms with van der Waals surface area (Å²) in [6.45, 7) is 0. The molecule has 2 N–H and O–H groups in total. The van der Waals surface area contributed by atoms with Crippen molar-refractivity contribution in [3.63, 3.8) is 0 Å². The third-order valence-corrected chi connectivity index (χ3v) is 0.910. The minimum atomic E-state index is -0.269. The second-order valence-corrected chi connectivity index (χ2v) is 1.53. The van der Waals surface area contributed by atoms with Gasteiger partial charge in [-0.15, -0.1) is 0 Å². The first-order valence-electron chi connectivity index (χ1n) is 2.47. The molecule has 0 rings (SSSR count). The Morgan fingerprint density at radius 1 is 1.38 bits per heavy atom. The Kier molecular flexibility index (Phi) is 3.72. The van der Waals surface area contributed by atoms with Crippen molar-refractivity contribution in [1.82, 2.24) is 15.7 Å². The average Bonchev–Trinajstić information content (AvgIpc) is 1.69. The van der Waals surface area contributed by atoms with E-state index in [1.807, 2.05) is 0 Å². The predicted molar refractivity (Wildman–Crippen MR) is 33.0 cm³/mol. The molecule has 0 aliphatic rings. The number of nitrogens with zero attached hydrogens (tertiary/aromatic N) is 1. The minimum absolute atomic E-state index is 0.269. The first-order valence-corrected chi connectivity index (χ1v) is 2.47. The average molecular weight is 118 g/mol. The summed E-state index contributed by atoms with van der Waals surface area (Å²) in [6, 6.07) is 0. The Hall–Kier alpha value is -0.160. The molecule has 50 valence electrons. The monoisotopic (exact) mass is 118 g/mol. The highest BCUT2D eigenvalue weighted by atomic mass is 16.5. The molecule has 0 aliphatic carbocycles. The van der Waals surface area contributed by atoms with Crippen LogP contribution in [0.1, 0.15) is 0 Å². The largest absolute Gasteiger partial charge is 0.783 e. The van der Waals surface area contributed by atoms with Crippen molar-refractivity contribution in [2.45, 2.75) is 6.29 Å². The van der Waals surface area contributed by atoms with Crippen LogP contribution in [0.2, 0.25) is 0 Å². The summed E-state index contributed by atoms with van der Waals surface area (Å²) >= 11 is 0. The molecule has 0 unspecified atom stereocenters. The molecule has 8 heavy (non-hydrogen) atoms. The number of hydroxylamine groups is 2. The van der Waals surface area contributed by atoms with Gasteiger partial charge in [0.1, 0.15) is 6.29 Å². The number of nitrogens with one attached hydrogen (secondary N) is 2. The van der Waals surface area contributed by atoms with Crippen LogP contribution < -0.4 is 10.6 Å². The van der Waals surface area contributed by atoms with E-state index in [1.54, 1.807) is 14.1 Å². The van der Waals surface area contributed by atoms with Crippen molar-refractivity contribution in [2.75, 3.05) is 21.1 Å². The van der Waals surface area contributed by atoms with Crippen LogP contribution in [0.4, 0.5) is 0 Å². The highest BCUT2D eigenvalue weighted by Crippen LogP contribution is 1.78. The Morgan fingerprint density at radius 2 is 1.75 bits per heavy atom. The smallest absolute Gasteiger partial charge is 0.102 e. The minimum Gasteiger partial charge on any atom is -0.783 e. The van der Waals surface area contributed by atoms with Crippen LogP contribution in [0.3, 0.4) is 0 Å². The van der Waals surface area contributed by atoms with E-state index in [2.05, 4.69) is 10.6 Å². The highest BCUT2D eigenvalue weighted by molar-refractivity contribution is 4.57. The zero-order chi connectivity index (χ0) is 6.57. The lowest BCUT2D eigenvalue weighted by atomic mass is 10.8. The maximum Gasteiger partial charge on any atom is 0.102 e. The third kappa shape index (κ3) is 2.23. The zero-order valence-electron chi connectivity index (χ0n) is 5.43. The molecule has 0 spiro atoms. The summed E-state index contributed by atoms with van der Waals surface area (Å²) in [4.78, 5) is 0. The van der Waals surface area contributed by atoms with Gasteiger partial charge in [0, 0.05) is 0 Å². The molecule has 0 bridgehead atoms. The summed E-state index contributed by atoms with van der Waals surface area (Å²) in [7, 11) is 4.89. The molecule has 0 fully saturated rings. The summed E-state index contributed by atoms with van der Waals surface area (Å²) in [5, 5.41) is 16.7. The van der Waals surface area contributed by atoms with Crippen LogP contribution in [0, 0.1) is 5.21 Å². The van der Waals surface area contributed by atoms with Crippen molar-refractivity contribution in [1.29, 1.82) is 0 Å². The third-order valence-electron chi connectivity index (χ3n) is 0.910. The van der Waals surface area contributed by atoms with Gasteiger partial charge in [-0.05, 0) is 21.1 Å². The van der Waals surface area contributed by atoms with E-state index in [-0.39, 0.29) is 6.29 Å². The Morgan fingerprint density at radius 3 is 1.75 bits per heavy atom. The molecule has 0 saturated carbocycles. The van der Waals surface area contributed by atoms with Crippen LogP contribution in [0.15, 0.2) is 0 Å². The van der Waals surface area contributed by atoms with Crippen molar-refractivity contribution in [3.8, 4) is 0 Å². The molecule has 0 heterocycles. The van der Waals surface area contributed by atoms with Crippen molar-refractivity contribution in [2.24, 2.45) is 0 Å². The normalized spacial score (nSPS) is 11.2. The van der Waals surface area contributed by atoms with Gasteiger partial charge in [0.25, 0.3) is 0 Å². The lowest BCUT2D eigenvalue weighted by molar-refractivity contribution is 0.256. The Bertz CT molecular complexity index is 53.2. The summed E-state index contributed by atoms with van der Waals surface area (Å²) < 4.78 is 0. The molecule has 0 radical (unpaired) electrons. The van der Waals surface area contributed by atoms with E-state index in [9.17, 15) is 5.21 Å². The first-order chi connectivity index (χ1) is 3.72. The van der Waals surface area contributed by atoms with Crippen LogP contribution in [-0.4, -0.2) is 32.5 Å². The molecule has 0 amide bonds. The lowest BCUT2D eigenvalue weighted by Gasteiger charge is -2.31. The fraction of sp³-hybridized carbons (Fsp3) is 1.00. The SMILES string of the molecule is CNC(NC)N(C)[O-]. The van der Waals surface area contributed by atoms with Crippen LogP contribution in [-0.2, 0) is 0 Å². The molecule has 4 nitrogen and oxygen atoms in total. The van der Waals surface area contributed by atoms with Gasteiger partial charge in [-0.3, -0.25) is 10.6 Å². The first kappa shape index (κ1) is 7.84. The molecule has 0 aromatic heterocycles. The molecule has 0 aromatic rings. The van der Waals surface area contributed by atoms with Gasteiger partial charge in [-0.1, -0.05) is 0 Å². The number of hydrogen-bond donors (Lipinski definition) is 2. The predicted octanol–water partition coefficient (Wildman–Crippen LogP) is -0.862. The van der Waals surface area contributed by atoms with Crippen molar-refractivity contribution >= 4 is 0 Å². The molecule has 4 heteroatoms. The summed E-state index contributed by atoms with van der Waals surface area (Å²) in [5.74, 6) is 0. The van der Waals surface area contributed by atoms with Gasteiger partial charge in [-0.2, -0.15) is 0 Å². The zero-order valence-corrected chi connectivity index (χ0v) is 5.43. The van der Waals surface area contributed by atoms with Gasteiger partial charge >= 0.3 is 0 Å². The summed E-state index contributed by atoms with van der Waals surface area (Å²) in [6.07, 6.45) is -0.269. The maximum absolute atomic E-state index is 10.4. The molecule has 0 aliphatic heterocycles. The van der Waals surface area contributed by atoms with Gasteiger partial charge < -0.3 is 10.3 Å². The van der Waals surface area contributed by atoms with E-state index >= 15 is 0 Å². The van der Waals surface area contributed by atoms with Gasteiger partial charge in [0.05, 0.1) is 0 Å². The van der Waals surface area contributed by atoms with Gasteiger partial charge in [0.2, 0.25) is 0 Å². The molecular formula is C4H12N3O-. The number of hydrogen-bond acceptors (Lipinski definition) is 4. The van der Waals surface area contributed by atoms with Gasteiger partial charge in [0.15, 0.2) is 0 Å². The van der Waals surface area contributed by atoms with Crippen LogP contribution in [0.5, 0.6) is 0 Å². The van der Waals surface area contributed by atoms with E-state index in [4.69, 9.17) is 0 Å². The standard InChI is InChI=1S/C4H12N3O/c1-5-4(6-2)7(3)8/h4-6H,1-3H3/q-1. The van der Waals surface area contributed by atoms with E-state index in [1.165, 1.54) is 7.05 Å². The second-order valence-electron chi connectivity index (χ2n) is 1.53. The van der Waals surface area contributed by atoms with Crippen LogP contribution >= 0.6 is 0 Å². The molecule has 0 saturated heterocycles. The molecule has 0 aromatic carbocycles. The Balaban J connectivity index is 3.35. The second kappa shape index (κ2) is 3.80. The van der Waals surface area contributed by atoms with Crippen molar-refractivity contribution in [3.05, 3.63) is 5.21 Å². The topological polar surface area (TPSA) is 50.4 Å². The van der Waals surface area contributed by atoms with E-state index in [0.29, 0.717) is 0 Å². The Labute approximate surface area is 49.4 Å². The molecule has 0 atom stereocenters. The van der Waals surface area contributed by atoms with E-state index < -0.39 is 0 Å². The highest BCUT2D eigenvalue weighted by Gasteiger charge is 1.95. The molecular weight excluding hydrogens is 106 g/mol.